The summed E-state index contributed by atoms with van der Waals surface area (Å²) in [6.07, 6.45) is 12.4. The molecule has 0 unspecified atom stereocenters. The van der Waals surface area contributed by atoms with Crippen LogP contribution in [0.3, 0.4) is 0 Å². The second kappa shape index (κ2) is 14.9. The van der Waals surface area contributed by atoms with Gasteiger partial charge < -0.3 is 24.4 Å². The maximum atomic E-state index is 14.8. The summed E-state index contributed by atoms with van der Waals surface area (Å²) in [7, 11) is -2.27. The average molecular weight is 775 g/mol. The first kappa shape index (κ1) is 37.5. The Morgan fingerprint density at radius 2 is 1.82 bits per heavy atom. The molecule has 4 aliphatic carbocycles. The van der Waals surface area contributed by atoms with E-state index in [0.717, 1.165) is 55.9 Å². The van der Waals surface area contributed by atoms with E-state index in [1.54, 1.807) is 7.11 Å². The second-order valence-electron chi connectivity index (χ2n) is 16.2. The highest BCUT2D eigenvalue weighted by Gasteiger charge is 2.62. The van der Waals surface area contributed by atoms with E-state index in [4.69, 9.17) is 19.2 Å². The van der Waals surface area contributed by atoms with Crippen LogP contribution in [0, 0.1) is 23.7 Å². The van der Waals surface area contributed by atoms with Crippen molar-refractivity contribution in [1.82, 2.24) is 19.9 Å². The fraction of sp³-hybridized carbons (Fsp3) is 0.585. The Bertz CT molecular complexity index is 2030. The minimum Gasteiger partial charge on any atom is -0.496 e. The first-order valence-electron chi connectivity index (χ1n) is 19.8. The van der Waals surface area contributed by atoms with Crippen molar-refractivity contribution in [1.29, 1.82) is 0 Å². The highest BCUT2D eigenvalue weighted by molar-refractivity contribution is 7.91. The number of benzene rings is 1. The van der Waals surface area contributed by atoms with Crippen molar-refractivity contribution >= 4 is 44.6 Å². The first-order valence-corrected chi connectivity index (χ1v) is 21.3. The molecule has 55 heavy (non-hydrogen) atoms. The van der Waals surface area contributed by atoms with Crippen molar-refractivity contribution in [2.45, 2.75) is 113 Å². The van der Waals surface area contributed by atoms with E-state index in [1.807, 2.05) is 24.3 Å². The number of nitrogens with one attached hydrogen (secondary N) is 2. The number of ether oxygens (including phenoxy) is 3. The predicted octanol–water partition coefficient (Wildman–Crippen LogP) is 4.28. The number of hydrogen-bond donors (Lipinski definition) is 2. The van der Waals surface area contributed by atoms with Crippen LogP contribution in [-0.4, -0.2) is 84.7 Å². The number of carbonyl (C=O) groups is 4. The van der Waals surface area contributed by atoms with Gasteiger partial charge >= 0.3 is 5.97 Å². The van der Waals surface area contributed by atoms with E-state index < -0.39 is 62.6 Å². The molecular formula is C41H50N4O9S. The largest absolute Gasteiger partial charge is 0.496 e. The molecule has 2 aromatic rings. The van der Waals surface area contributed by atoms with Gasteiger partial charge in [0.1, 0.15) is 29.5 Å². The summed E-state index contributed by atoms with van der Waals surface area (Å²) in [6, 6.07) is 6.55. The molecule has 2 N–H and O–H groups in total. The van der Waals surface area contributed by atoms with Crippen molar-refractivity contribution in [2.24, 2.45) is 23.7 Å². The topological polar surface area (TPSA) is 170 Å². The smallest absolute Gasteiger partial charge is 0.306 e. The van der Waals surface area contributed by atoms with Gasteiger partial charge in [-0.3, -0.25) is 23.9 Å². The number of esters is 1. The lowest BCUT2D eigenvalue weighted by atomic mass is 9.86. The molecule has 1 saturated heterocycles. The molecule has 7 atom stereocenters. The number of hydrogen-bond acceptors (Lipinski definition) is 10. The number of methoxy groups -OCH3 is 1. The number of para-hydroxylation sites is 1. The van der Waals surface area contributed by atoms with E-state index in [2.05, 4.69) is 28.8 Å². The molecule has 5 fully saturated rings. The van der Waals surface area contributed by atoms with Crippen molar-refractivity contribution in [3.05, 3.63) is 54.6 Å². The van der Waals surface area contributed by atoms with E-state index in [0.29, 0.717) is 36.4 Å². The maximum Gasteiger partial charge on any atom is 0.306 e. The number of pyridine rings is 1. The van der Waals surface area contributed by atoms with Crippen LogP contribution in [0.1, 0.15) is 82.6 Å². The zero-order valence-electron chi connectivity index (χ0n) is 31.2. The molecule has 13 nitrogen and oxygen atoms in total. The quantitative estimate of drug-likeness (QED) is 0.292. The summed E-state index contributed by atoms with van der Waals surface area (Å²) in [6.45, 7) is 3.85. The summed E-state index contributed by atoms with van der Waals surface area (Å²) >= 11 is 0. The number of amides is 3. The number of fused-ring (bicyclic) bond motifs is 5. The fourth-order valence-corrected chi connectivity index (χ4v) is 10.3. The lowest BCUT2D eigenvalue weighted by Crippen LogP contribution is -2.57. The SMILES string of the molecule is C=C[C@@H]1C[C@]1(NC(=O)[C@@H]1C[C@@H]2CN1C(=O)[C@H](C1CCCC1)CC(=O)O[C@H]1C[C@@H]1CC/C=C/Cc1c(nc3ccccc3c1OC)O2)C(=O)NS(=O)(=O)C1CC1. The minimum atomic E-state index is -3.89. The van der Waals surface area contributed by atoms with Gasteiger partial charge in [-0.1, -0.05) is 43.2 Å². The zero-order valence-corrected chi connectivity index (χ0v) is 32.1. The molecule has 0 radical (unpaired) electrons. The van der Waals surface area contributed by atoms with Crippen LogP contribution in [0.4, 0.5) is 0 Å². The summed E-state index contributed by atoms with van der Waals surface area (Å²) in [5, 5.41) is 3.07. The van der Waals surface area contributed by atoms with Crippen LogP contribution in [0.25, 0.3) is 10.9 Å². The van der Waals surface area contributed by atoms with Crippen molar-refractivity contribution in [3.8, 4) is 11.6 Å². The molecule has 14 heteroatoms. The van der Waals surface area contributed by atoms with E-state index in [1.165, 1.54) is 11.0 Å². The van der Waals surface area contributed by atoms with Crippen LogP contribution in [0.15, 0.2) is 49.1 Å². The van der Waals surface area contributed by atoms with Gasteiger partial charge in [-0.15, -0.1) is 6.58 Å². The van der Waals surface area contributed by atoms with E-state index in [9.17, 15) is 27.6 Å². The minimum absolute atomic E-state index is 0.0339. The number of allylic oxidation sites excluding steroid dienone is 2. The van der Waals surface area contributed by atoms with Gasteiger partial charge in [-0.2, -0.15) is 0 Å². The molecule has 6 aliphatic rings. The Kier molecular flexibility index (Phi) is 10.1. The summed E-state index contributed by atoms with van der Waals surface area (Å²) in [4.78, 5) is 62.7. The Morgan fingerprint density at radius 3 is 2.55 bits per heavy atom. The summed E-state index contributed by atoms with van der Waals surface area (Å²) in [5.41, 5.74) is -0.115. The number of carbonyl (C=O) groups excluding carboxylic acids is 4. The fourth-order valence-electron chi connectivity index (χ4n) is 8.98. The van der Waals surface area contributed by atoms with Gasteiger partial charge in [0, 0.05) is 17.7 Å². The van der Waals surface area contributed by atoms with Gasteiger partial charge in [0.15, 0.2) is 0 Å². The predicted molar refractivity (Wildman–Crippen MR) is 202 cm³/mol. The highest BCUT2D eigenvalue weighted by Crippen LogP contribution is 2.46. The number of sulfonamides is 1. The van der Waals surface area contributed by atoms with Crippen LogP contribution in [0.5, 0.6) is 11.6 Å². The van der Waals surface area contributed by atoms with Crippen molar-refractivity contribution in [2.75, 3.05) is 13.7 Å². The third-order valence-electron chi connectivity index (χ3n) is 12.5. The van der Waals surface area contributed by atoms with Crippen LogP contribution in [0.2, 0.25) is 0 Å². The van der Waals surface area contributed by atoms with Gasteiger partial charge in [-0.25, -0.2) is 13.4 Å². The van der Waals surface area contributed by atoms with E-state index >= 15 is 0 Å². The Labute approximate surface area is 321 Å². The van der Waals surface area contributed by atoms with Gasteiger partial charge in [0.25, 0.3) is 5.91 Å². The summed E-state index contributed by atoms with van der Waals surface area (Å²) < 4.78 is 46.3. The molecule has 3 heterocycles. The van der Waals surface area contributed by atoms with E-state index in [-0.39, 0.29) is 49.7 Å². The molecule has 0 spiro atoms. The maximum absolute atomic E-state index is 14.8. The van der Waals surface area contributed by atoms with Crippen LogP contribution in [-0.2, 0) is 40.4 Å². The highest BCUT2D eigenvalue weighted by atomic mass is 32.2. The third kappa shape index (κ3) is 7.58. The molecular weight excluding hydrogens is 725 g/mol. The Hall–Kier alpha value is -4.46. The molecule has 2 aliphatic heterocycles. The Balaban J connectivity index is 1.14. The molecule has 294 valence electrons. The van der Waals surface area contributed by atoms with Gasteiger partial charge in [0.05, 0.1) is 42.3 Å². The molecule has 3 amide bonds. The molecule has 4 saturated carbocycles. The number of aromatic nitrogens is 1. The monoisotopic (exact) mass is 774 g/mol. The van der Waals surface area contributed by atoms with Gasteiger partial charge in [0.2, 0.25) is 27.7 Å². The third-order valence-corrected chi connectivity index (χ3v) is 14.3. The lowest BCUT2D eigenvalue weighted by Gasteiger charge is -2.31. The van der Waals surface area contributed by atoms with Gasteiger partial charge in [-0.05, 0) is 81.8 Å². The van der Waals surface area contributed by atoms with Crippen molar-refractivity contribution in [3.63, 3.8) is 0 Å². The molecule has 1 aromatic carbocycles. The molecule has 8 rings (SSSR count). The number of nitrogens with zero attached hydrogens (tertiary/aromatic N) is 2. The van der Waals surface area contributed by atoms with Crippen molar-refractivity contribution < 1.29 is 41.8 Å². The number of rotatable bonds is 8. The molecule has 2 bridgehead atoms. The lowest BCUT2D eigenvalue weighted by molar-refractivity contribution is -0.153. The average Bonchev–Trinajstić information content (AvgIpc) is 4.13. The van der Waals surface area contributed by atoms with Crippen LogP contribution < -0.4 is 19.5 Å². The standard InChI is InChI=1S/C41H50N4O9S/c1-3-26-22-41(26,40(49)44-55(50,51)28-17-18-28)43-37(47)33-20-27-23-45(33)39(48)31(24-11-7-8-12-24)21-35(46)54-34-19-25(34)13-5-4-6-15-30-36(52-2)29-14-9-10-16-32(29)42-38(30)53-27/h3-4,6,9-10,14,16,24-28,31,33-34H,1,5,7-8,11-13,15,17-23H2,2H3,(H,43,47)(H,44,49)/b6-4+/t25-,26+,27+,31-,33-,34-,41+/m0/s1. The zero-order chi connectivity index (χ0) is 38.5. The molecule has 1 aromatic heterocycles. The first-order chi connectivity index (χ1) is 26.5. The Morgan fingerprint density at radius 1 is 1.04 bits per heavy atom. The summed E-state index contributed by atoms with van der Waals surface area (Å²) in [5.74, 6) is -2.15. The second-order valence-corrected chi connectivity index (χ2v) is 18.2. The van der Waals surface area contributed by atoms with Crippen LogP contribution >= 0.6 is 0 Å². The normalized spacial score (nSPS) is 31.8.